The quantitative estimate of drug-likeness (QED) is 0.856. The Morgan fingerprint density at radius 2 is 1.68 bits per heavy atom. The second kappa shape index (κ2) is 8.65. The zero-order valence-electron chi connectivity index (χ0n) is 13.9. The Morgan fingerprint density at radius 3 is 2.36 bits per heavy atom. The SMILES string of the molecule is Cl.Cl.O=C(NC1CC2CCC(C1)N2)c1cncc(-c2ccccc2)c1. The van der Waals surface area contributed by atoms with Crippen molar-refractivity contribution in [1.29, 1.82) is 0 Å². The van der Waals surface area contributed by atoms with Gasteiger partial charge in [0.2, 0.25) is 0 Å². The van der Waals surface area contributed by atoms with Crippen molar-refractivity contribution in [3.63, 3.8) is 0 Å². The van der Waals surface area contributed by atoms with Crippen molar-refractivity contribution in [3.05, 3.63) is 54.4 Å². The maximum atomic E-state index is 12.6. The highest BCUT2D eigenvalue weighted by Crippen LogP contribution is 2.27. The van der Waals surface area contributed by atoms with Gasteiger partial charge in [0.1, 0.15) is 0 Å². The molecule has 2 unspecified atom stereocenters. The van der Waals surface area contributed by atoms with Gasteiger partial charge in [0.25, 0.3) is 5.91 Å². The smallest absolute Gasteiger partial charge is 0.253 e. The second-order valence-electron chi connectivity index (χ2n) is 6.61. The summed E-state index contributed by atoms with van der Waals surface area (Å²) in [6.45, 7) is 0. The number of amides is 1. The van der Waals surface area contributed by atoms with E-state index in [0.717, 1.165) is 24.0 Å². The van der Waals surface area contributed by atoms with Crippen LogP contribution in [-0.4, -0.2) is 29.0 Å². The van der Waals surface area contributed by atoms with Crippen LogP contribution in [0.15, 0.2) is 48.8 Å². The van der Waals surface area contributed by atoms with E-state index in [9.17, 15) is 4.79 Å². The molecule has 25 heavy (non-hydrogen) atoms. The number of benzene rings is 1. The number of rotatable bonds is 3. The fourth-order valence-electron chi connectivity index (χ4n) is 3.80. The molecule has 4 nitrogen and oxygen atoms in total. The minimum Gasteiger partial charge on any atom is -0.349 e. The minimum absolute atomic E-state index is 0. The third-order valence-corrected chi connectivity index (χ3v) is 4.92. The molecule has 2 aromatic rings. The second-order valence-corrected chi connectivity index (χ2v) is 6.61. The molecule has 2 N–H and O–H groups in total. The molecule has 2 aliphatic rings. The standard InChI is InChI=1S/C19H21N3O.2ClH/c23-19(22-18-9-16-6-7-17(10-18)21-16)15-8-14(11-20-12-15)13-4-2-1-3-5-13;;/h1-5,8,11-12,16-18,21H,6-7,9-10H2,(H,22,23);2*1H. The Labute approximate surface area is 160 Å². The molecular weight excluding hydrogens is 357 g/mol. The van der Waals surface area contributed by atoms with Crippen molar-refractivity contribution in [2.75, 3.05) is 0 Å². The van der Waals surface area contributed by atoms with Crippen LogP contribution in [0.25, 0.3) is 11.1 Å². The van der Waals surface area contributed by atoms with Gasteiger partial charge >= 0.3 is 0 Å². The Balaban J connectivity index is 0.00000113. The van der Waals surface area contributed by atoms with Crippen molar-refractivity contribution < 1.29 is 4.79 Å². The lowest BCUT2D eigenvalue weighted by Gasteiger charge is -2.29. The van der Waals surface area contributed by atoms with Gasteiger partial charge in [0, 0.05) is 36.1 Å². The molecule has 4 rings (SSSR count). The molecule has 1 aromatic heterocycles. The van der Waals surface area contributed by atoms with E-state index < -0.39 is 0 Å². The topological polar surface area (TPSA) is 54.0 Å². The molecule has 2 aliphatic heterocycles. The lowest BCUT2D eigenvalue weighted by atomic mass is 9.99. The summed E-state index contributed by atoms with van der Waals surface area (Å²) in [5.74, 6) is -0.0124. The normalized spacial score (nSPS) is 23.9. The summed E-state index contributed by atoms with van der Waals surface area (Å²) in [7, 11) is 0. The first-order valence-electron chi connectivity index (χ1n) is 8.35. The number of halogens is 2. The van der Waals surface area contributed by atoms with E-state index in [1.807, 2.05) is 36.4 Å². The van der Waals surface area contributed by atoms with Crippen LogP contribution in [0.4, 0.5) is 0 Å². The molecule has 6 heteroatoms. The van der Waals surface area contributed by atoms with Crippen LogP contribution < -0.4 is 10.6 Å². The Morgan fingerprint density at radius 1 is 1.00 bits per heavy atom. The average Bonchev–Trinajstić information content (AvgIpc) is 2.94. The number of fused-ring (bicyclic) bond motifs is 2. The fourth-order valence-corrected chi connectivity index (χ4v) is 3.80. The lowest BCUT2D eigenvalue weighted by Crippen LogP contribution is -2.48. The first-order valence-corrected chi connectivity index (χ1v) is 8.35. The van der Waals surface area contributed by atoms with Crippen LogP contribution in [-0.2, 0) is 0 Å². The first-order chi connectivity index (χ1) is 11.3. The van der Waals surface area contributed by atoms with Crippen molar-refractivity contribution >= 4 is 30.7 Å². The molecule has 3 heterocycles. The lowest BCUT2D eigenvalue weighted by molar-refractivity contribution is 0.0923. The summed E-state index contributed by atoms with van der Waals surface area (Å²) in [5.41, 5.74) is 2.69. The van der Waals surface area contributed by atoms with Crippen LogP contribution in [0.5, 0.6) is 0 Å². The molecule has 2 bridgehead atoms. The van der Waals surface area contributed by atoms with Crippen LogP contribution in [0.2, 0.25) is 0 Å². The van der Waals surface area contributed by atoms with Crippen LogP contribution >= 0.6 is 24.8 Å². The summed E-state index contributed by atoms with van der Waals surface area (Å²) in [5, 5.41) is 6.80. The molecule has 1 aromatic carbocycles. The van der Waals surface area contributed by atoms with E-state index in [1.54, 1.807) is 12.4 Å². The molecule has 0 radical (unpaired) electrons. The van der Waals surface area contributed by atoms with Gasteiger partial charge in [-0.3, -0.25) is 9.78 Å². The zero-order valence-corrected chi connectivity index (χ0v) is 15.5. The maximum absolute atomic E-state index is 12.6. The summed E-state index contributed by atoms with van der Waals surface area (Å²) < 4.78 is 0. The highest BCUT2D eigenvalue weighted by atomic mass is 35.5. The van der Waals surface area contributed by atoms with Crippen LogP contribution in [0.3, 0.4) is 0 Å². The van der Waals surface area contributed by atoms with Gasteiger partial charge in [-0.1, -0.05) is 30.3 Å². The van der Waals surface area contributed by atoms with Gasteiger partial charge in [-0.05, 0) is 37.3 Å². The molecule has 1 amide bonds. The van der Waals surface area contributed by atoms with E-state index in [4.69, 9.17) is 0 Å². The van der Waals surface area contributed by atoms with E-state index in [1.165, 1.54) is 12.8 Å². The highest BCUT2D eigenvalue weighted by molar-refractivity contribution is 5.95. The van der Waals surface area contributed by atoms with Crippen LogP contribution in [0.1, 0.15) is 36.0 Å². The Bertz CT molecular complexity index is 699. The molecule has 0 aliphatic carbocycles. The number of carbonyl (C=O) groups excluding carboxylic acids is 1. The predicted octanol–water partition coefficient (Wildman–Crippen LogP) is 3.61. The van der Waals surface area contributed by atoms with Gasteiger partial charge in [-0.15, -0.1) is 24.8 Å². The number of pyridine rings is 1. The van der Waals surface area contributed by atoms with E-state index in [0.29, 0.717) is 17.6 Å². The first kappa shape index (κ1) is 19.7. The fraction of sp³-hybridized carbons (Fsp3) is 0.368. The molecule has 0 spiro atoms. The summed E-state index contributed by atoms with van der Waals surface area (Å²) >= 11 is 0. The largest absolute Gasteiger partial charge is 0.349 e. The van der Waals surface area contributed by atoms with Crippen molar-refractivity contribution in [2.24, 2.45) is 0 Å². The number of nitrogens with zero attached hydrogens (tertiary/aromatic N) is 1. The third-order valence-electron chi connectivity index (χ3n) is 4.92. The number of nitrogens with one attached hydrogen (secondary N) is 2. The molecule has 2 atom stereocenters. The van der Waals surface area contributed by atoms with Gasteiger partial charge in [0.15, 0.2) is 0 Å². The zero-order chi connectivity index (χ0) is 15.6. The van der Waals surface area contributed by atoms with E-state index >= 15 is 0 Å². The Hall–Kier alpha value is -1.62. The number of hydrogen-bond donors (Lipinski definition) is 2. The summed E-state index contributed by atoms with van der Waals surface area (Å²) in [6, 6.07) is 13.4. The number of carbonyl (C=O) groups is 1. The average molecular weight is 380 g/mol. The van der Waals surface area contributed by atoms with E-state index in [2.05, 4.69) is 15.6 Å². The molecule has 134 valence electrons. The van der Waals surface area contributed by atoms with E-state index in [-0.39, 0.29) is 36.8 Å². The summed E-state index contributed by atoms with van der Waals surface area (Å²) in [4.78, 5) is 16.8. The highest BCUT2D eigenvalue weighted by Gasteiger charge is 2.34. The van der Waals surface area contributed by atoms with Crippen molar-refractivity contribution in [2.45, 2.75) is 43.8 Å². The maximum Gasteiger partial charge on any atom is 0.253 e. The molecule has 0 saturated carbocycles. The van der Waals surface area contributed by atoms with Gasteiger partial charge in [0.05, 0.1) is 5.56 Å². The minimum atomic E-state index is -0.0124. The number of piperidine rings is 1. The number of hydrogen-bond acceptors (Lipinski definition) is 3. The summed E-state index contributed by atoms with van der Waals surface area (Å²) in [6.07, 6.45) is 8.00. The predicted molar refractivity (Wildman–Crippen MR) is 105 cm³/mol. The molecular formula is C19H23Cl2N3O. The van der Waals surface area contributed by atoms with Crippen molar-refractivity contribution in [3.8, 4) is 11.1 Å². The molecule has 2 saturated heterocycles. The third kappa shape index (κ3) is 4.51. The van der Waals surface area contributed by atoms with Crippen LogP contribution in [0, 0.1) is 0 Å². The Kier molecular flexibility index (Phi) is 6.82. The van der Waals surface area contributed by atoms with Gasteiger partial charge < -0.3 is 10.6 Å². The van der Waals surface area contributed by atoms with Gasteiger partial charge in [-0.25, -0.2) is 0 Å². The number of aromatic nitrogens is 1. The molecule has 2 fully saturated rings. The van der Waals surface area contributed by atoms with Crippen molar-refractivity contribution in [1.82, 2.24) is 15.6 Å². The van der Waals surface area contributed by atoms with Gasteiger partial charge in [-0.2, -0.15) is 0 Å². The monoisotopic (exact) mass is 379 g/mol.